The van der Waals surface area contributed by atoms with Crippen LogP contribution < -0.4 is 10.6 Å². The maximum Gasteiger partial charge on any atom is 0.230 e. The fraction of sp³-hybridized carbons (Fsp3) is 0.667. The van der Waals surface area contributed by atoms with Gasteiger partial charge in [0, 0.05) is 20.2 Å². The minimum Gasteiger partial charge on any atom is -0.383 e. The van der Waals surface area contributed by atoms with Crippen LogP contribution in [-0.4, -0.2) is 48.7 Å². The van der Waals surface area contributed by atoms with Gasteiger partial charge in [0.2, 0.25) is 11.0 Å². The van der Waals surface area contributed by atoms with E-state index >= 15 is 0 Å². The summed E-state index contributed by atoms with van der Waals surface area (Å²) in [6.45, 7) is 2.41. The average Bonchev–Trinajstić information content (AvgIpc) is 2.74. The largest absolute Gasteiger partial charge is 0.383 e. The molecule has 0 bridgehead atoms. The van der Waals surface area contributed by atoms with Crippen molar-refractivity contribution >= 4 is 34.1 Å². The Labute approximate surface area is 109 Å². The minimum atomic E-state index is -0.0271. The van der Waals surface area contributed by atoms with E-state index in [1.807, 2.05) is 6.92 Å². The van der Waals surface area contributed by atoms with E-state index in [0.29, 0.717) is 12.4 Å². The Morgan fingerprint density at radius 3 is 2.94 bits per heavy atom. The van der Waals surface area contributed by atoms with E-state index in [1.165, 1.54) is 23.1 Å². The number of nitrogens with zero attached hydrogens (tertiary/aromatic N) is 2. The van der Waals surface area contributed by atoms with Crippen molar-refractivity contribution in [2.45, 2.75) is 17.3 Å². The smallest absolute Gasteiger partial charge is 0.230 e. The van der Waals surface area contributed by atoms with Crippen LogP contribution in [0, 0.1) is 0 Å². The second-order valence-corrected chi connectivity index (χ2v) is 5.54. The molecule has 0 fully saturated rings. The van der Waals surface area contributed by atoms with Crippen LogP contribution in [0.4, 0.5) is 5.13 Å². The molecular formula is C9H16N4O2S2. The van der Waals surface area contributed by atoms with E-state index in [9.17, 15) is 4.79 Å². The molecule has 0 saturated heterocycles. The first-order valence-electron chi connectivity index (χ1n) is 5.08. The number of anilines is 1. The van der Waals surface area contributed by atoms with Crippen molar-refractivity contribution in [1.29, 1.82) is 0 Å². The van der Waals surface area contributed by atoms with Crippen molar-refractivity contribution in [3.63, 3.8) is 0 Å². The standard InChI is InChI=1S/C9H16N4O2S2/c1-6(4-15-3)11-7(14)5-16-9-13-12-8(10-2)17-9/h6H,4-5H2,1-3H3,(H,10,12)(H,11,14). The van der Waals surface area contributed by atoms with Gasteiger partial charge >= 0.3 is 0 Å². The van der Waals surface area contributed by atoms with Crippen LogP contribution in [-0.2, 0) is 9.53 Å². The predicted octanol–water partition coefficient (Wildman–Crippen LogP) is 0.823. The Morgan fingerprint density at radius 1 is 1.59 bits per heavy atom. The maximum atomic E-state index is 11.5. The van der Waals surface area contributed by atoms with Crippen LogP contribution in [0.15, 0.2) is 4.34 Å². The van der Waals surface area contributed by atoms with E-state index in [2.05, 4.69) is 20.8 Å². The second kappa shape index (κ2) is 7.46. The summed E-state index contributed by atoms with van der Waals surface area (Å²) in [6, 6.07) is 0.0235. The number of amides is 1. The summed E-state index contributed by atoms with van der Waals surface area (Å²) in [4.78, 5) is 11.5. The van der Waals surface area contributed by atoms with Gasteiger partial charge in [0.25, 0.3) is 0 Å². The first kappa shape index (κ1) is 14.2. The lowest BCUT2D eigenvalue weighted by atomic mass is 10.3. The fourth-order valence-corrected chi connectivity index (χ4v) is 2.62. The molecule has 0 aliphatic rings. The first-order valence-corrected chi connectivity index (χ1v) is 6.88. The highest BCUT2D eigenvalue weighted by Gasteiger charge is 2.09. The van der Waals surface area contributed by atoms with Crippen molar-refractivity contribution in [3.8, 4) is 0 Å². The molecule has 0 aliphatic heterocycles. The molecule has 8 heteroatoms. The van der Waals surface area contributed by atoms with Crippen molar-refractivity contribution in [1.82, 2.24) is 15.5 Å². The third kappa shape index (κ3) is 5.33. The monoisotopic (exact) mass is 276 g/mol. The fourth-order valence-electron chi connectivity index (χ4n) is 1.10. The lowest BCUT2D eigenvalue weighted by Crippen LogP contribution is -2.36. The van der Waals surface area contributed by atoms with Crippen LogP contribution in [0.25, 0.3) is 0 Å². The van der Waals surface area contributed by atoms with E-state index in [0.717, 1.165) is 9.47 Å². The van der Waals surface area contributed by atoms with E-state index in [1.54, 1.807) is 14.2 Å². The third-order valence-electron chi connectivity index (χ3n) is 1.77. The molecule has 1 aromatic rings. The first-order chi connectivity index (χ1) is 8.15. The van der Waals surface area contributed by atoms with Gasteiger partial charge in [-0.1, -0.05) is 23.1 Å². The number of carbonyl (C=O) groups excluding carboxylic acids is 1. The highest BCUT2D eigenvalue weighted by molar-refractivity contribution is 8.01. The number of aromatic nitrogens is 2. The summed E-state index contributed by atoms with van der Waals surface area (Å²) in [5.74, 6) is 0.313. The number of ether oxygens (including phenoxy) is 1. The molecule has 6 nitrogen and oxygen atoms in total. The molecule has 2 N–H and O–H groups in total. The van der Waals surface area contributed by atoms with E-state index in [4.69, 9.17) is 4.74 Å². The number of rotatable bonds is 7. The Balaban J connectivity index is 2.27. The van der Waals surface area contributed by atoms with Gasteiger partial charge in [-0.25, -0.2) is 0 Å². The van der Waals surface area contributed by atoms with Gasteiger partial charge in [0.15, 0.2) is 4.34 Å². The van der Waals surface area contributed by atoms with Gasteiger partial charge in [-0.15, -0.1) is 10.2 Å². The summed E-state index contributed by atoms with van der Waals surface area (Å²) >= 11 is 2.81. The Hall–Kier alpha value is -0.860. The highest BCUT2D eigenvalue weighted by atomic mass is 32.2. The van der Waals surface area contributed by atoms with Crippen LogP contribution in [0.3, 0.4) is 0 Å². The number of nitrogens with one attached hydrogen (secondary N) is 2. The van der Waals surface area contributed by atoms with E-state index in [-0.39, 0.29) is 11.9 Å². The summed E-state index contributed by atoms with van der Waals surface area (Å²) in [5, 5.41) is 14.3. The van der Waals surface area contributed by atoms with Gasteiger partial charge in [0.05, 0.1) is 12.4 Å². The number of thioether (sulfide) groups is 1. The molecule has 17 heavy (non-hydrogen) atoms. The number of carbonyl (C=O) groups is 1. The van der Waals surface area contributed by atoms with E-state index < -0.39 is 0 Å². The molecule has 0 aromatic carbocycles. The summed E-state index contributed by atoms with van der Waals surface area (Å²) < 4.78 is 5.72. The van der Waals surface area contributed by atoms with Crippen molar-refractivity contribution in [2.24, 2.45) is 0 Å². The van der Waals surface area contributed by atoms with Gasteiger partial charge in [0.1, 0.15) is 0 Å². The molecule has 1 aromatic heterocycles. The quantitative estimate of drug-likeness (QED) is 0.718. The normalized spacial score (nSPS) is 12.2. The topological polar surface area (TPSA) is 76.1 Å². The molecule has 0 radical (unpaired) electrons. The zero-order chi connectivity index (χ0) is 12.7. The van der Waals surface area contributed by atoms with Crippen molar-refractivity contribution in [2.75, 3.05) is 31.8 Å². The molecule has 0 spiro atoms. The lowest BCUT2D eigenvalue weighted by molar-refractivity contribution is -0.119. The zero-order valence-electron chi connectivity index (χ0n) is 10.0. The number of hydrogen-bond acceptors (Lipinski definition) is 7. The molecule has 0 aliphatic carbocycles. The van der Waals surface area contributed by atoms with Crippen LogP contribution in [0.2, 0.25) is 0 Å². The lowest BCUT2D eigenvalue weighted by Gasteiger charge is -2.11. The molecule has 1 rings (SSSR count). The summed E-state index contributed by atoms with van der Waals surface area (Å²) in [6.07, 6.45) is 0. The summed E-state index contributed by atoms with van der Waals surface area (Å²) in [5.41, 5.74) is 0. The number of hydrogen-bond donors (Lipinski definition) is 2. The summed E-state index contributed by atoms with van der Waals surface area (Å²) in [7, 11) is 3.39. The second-order valence-electron chi connectivity index (χ2n) is 3.34. The molecule has 1 heterocycles. The molecule has 1 atom stereocenters. The van der Waals surface area contributed by atoms with Crippen LogP contribution >= 0.6 is 23.1 Å². The Morgan fingerprint density at radius 2 is 2.35 bits per heavy atom. The van der Waals surface area contributed by atoms with Crippen molar-refractivity contribution in [3.05, 3.63) is 0 Å². The van der Waals surface area contributed by atoms with Gasteiger partial charge in [-0.2, -0.15) is 0 Å². The predicted molar refractivity (Wildman–Crippen MR) is 69.7 cm³/mol. The van der Waals surface area contributed by atoms with Crippen LogP contribution in [0.1, 0.15) is 6.92 Å². The highest BCUT2D eigenvalue weighted by Crippen LogP contribution is 2.24. The molecule has 0 saturated carbocycles. The Kier molecular flexibility index (Phi) is 6.23. The van der Waals surface area contributed by atoms with Gasteiger partial charge in [-0.05, 0) is 6.92 Å². The molecule has 1 amide bonds. The minimum absolute atomic E-state index is 0.0235. The Bertz CT molecular complexity index is 359. The molecule has 1 unspecified atom stereocenters. The third-order valence-corrected chi connectivity index (χ3v) is 3.85. The average molecular weight is 276 g/mol. The van der Waals surface area contributed by atoms with Crippen molar-refractivity contribution < 1.29 is 9.53 Å². The zero-order valence-corrected chi connectivity index (χ0v) is 11.7. The van der Waals surface area contributed by atoms with Crippen LogP contribution in [0.5, 0.6) is 0 Å². The molecule has 96 valence electrons. The SMILES string of the molecule is CNc1nnc(SCC(=O)NC(C)COC)s1. The molecular weight excluding hydrogens is 260 g/mol. The number of methoxy groups -OCH3 is 1. The van der Waals surface area contributed by atoms with Gasteiger partial charge < -0.3 is 15.4 Å². The van der Waals surface area contributed by atoms with Gasteiger partial charge in [-0.3, -0.25) is 4.79 Å². The maximum absolute atomic E-state index is 11.5.